The maximum Gasteiger partial charge on any atom is 0.225 e. The third-order valence-electron chi connectivity index (χ3n) is 8.30. The van der Waals surface area contributed by atoms with Gasteiger partial charge in [-0.1, -0.05) is 24.2 Å². The van der Waals surface area contributed by atoms with Gasteiger partial charge in [-0.15, -0.1) is 5.10 Å². The molecule has 0 spiro atoms. The smallest absolute Gasteiger partial charge is 0.225 e. The van der Waals surface area contributed by atoms with Gasteiger partial charge in [-0.2, -0.15) is 5.10 Å². The molecule has 0 saturated heterocycles. The zero-order valence-electron chi connectivity index (χ0n) is 18.3. The number of aromatic nitrogens is 2. The van der Waals surface area contributed by atoms with E-state index >= 15 is 0 Å². The van der Waals surface area contributed by atoms with Crippen molar-refractivity contribution in [1.29, 1.82) is 0 Å². The zero-order chi connectivity index (χ0) is 22.3. The molecule has 0 aliphatic heterocycles. The van der Waals surface area contributed by atoms with E-state index in [9.17, 15) is 14.4 Å². The highest BCUT2D eigenvalue weighted by atomic mass is 19.1. The van der Waals surface area contributed by atoms with E-state index in [1.807, 2.05) is 6.07 Å². The first kappa shape index (κ1) is 21.0. The number of rotatable bonds is 4. The van der Waals surface area contributed by atoms with Gasteiger partial charge in [0.2, 0.25) is 5.91 Å². The number of carbonyl (C=O) groups excluding carboxylic acids is 1. The summed E-state index contributed by atoms with van der Waals surface area (Å²) in [5.41, 5.74) is 2.75. The number of anilines is 1. The standard InChI is InChI=1S/C25H29FN4O2/c1-25-12-11-17-16-4-2-5-20(26)18(16)8-9-19(17)24(25)15(14-21(25)30-32)7-10-23(31)28-22-6-3-13-27-29-22/h2-6,13,15,17,19,24,32H,7-12,14H2,1H3,(H,28,29,31)/b30-21+/t15-,17?,19?,24?,25-/m1/s1. The van der Waals surface area contributed by atoms with Crippen LogP contribution in [0, 0.1) is 29.0 Å². The van der Waals surface area contributed by atoms with Crippen LogP contribution in [0.4, 0.5) is 10.2 Å². The summed E-state index contributed by atoms with van der Waals surface area (Å²) in [4.78, 5) is 12.5. The van der Waals surface area contributed by atoms with Crippen LogP contribution in [0.5, 0.6) is 0 Å². The fourth-order valence-corrected chi connectivity index (χ4v) is 6.96. The molecule has 3 aliphatic carbocycles. The van der Waals surface area contributed by atoms with Crippen LogP contribution in [0.1, 0.15) is 62.5 Å². The minimum atomic E-state index is -0.160. The van der Waals surface area contributed by atoms with Gasteiger partial charge in [0.05, 0.1) is 5.71 Å². The minimum absolute atomic E-state index is 0.0787. The van der Waals surface area contributed by atoms with E-state index in [0.717, 1.165) is 55.4 Å². The quantitative estimate of drug-likeness (QED) is 0.525. The summed E-state index contributed by atoms with van der Waals surface area (Å²) < 4.78 is 14.4. The van der Waals surface area contributed by atoms with Crippen molar-refractivity contribution in [2.45, 2.75) is 57.8 Å². The van der Waals surface area contributed by atoms with Crippen molar-refractivity contribution in [3.05, 3.63) is 53.5 Å². The number of amides is 1. The molecule has 1 heterocycles. The molecule has 1 aromatic heterocycles. The molecule has 2 saturated carbocycles. The first-order chi connectivity index (χ1) is 15.5. The molecule has 2 fully saturated rings. The highest BCUT2D eigenvalue weighted by Crippen LogP contribution is 2.62. The van der Waals surface area contributed by atoms with Crippen LogP contribution in [0.2, 0.25) is 0 Å². The minimum Gasteiger partial charge on any atom is -0.411 e. The molecule has 32 heavy (non-hydrogen) atoms. The van der Waals surface area contributed by atoms with E-state index in [4.69, 9.17) is 0 Å². The Morgan fingerprint density at radius 1 is 1.31 bits per heavy atom. The first-order valence-electron chi connectivity index (χ1n) is 11.6. The van der Waals surface area contributed by atoms with Gasteiger partial charge in [0, 0.05) is 18.0 Å². The Kier molecular flexibility index (Phi) is 5.43. The molecule has 3 aliphatic rings. The average molecular weight is 437 g/mol. The fourth-order valence-electron chi connectivity index (χ4n) is 6.96. The van der Waals surface area contributed by atoms with Gasteiger partial charge in [-0.25, -0.2) is 4.39 Å². The Balaban J connectivity index is 1.37. The van der Waals surface area contributed by atoms with Crippen molar-refractivity contribution in [3.63, 3.8) is 0 Å². The van der Waals surface area contributed by atoms with Gasteiger partial charge in [0.15, 0.2) is 5.82 Å². The average Bonchev–Trinajstić information content (AvgIpc) is 3.10. The summed E-state index contributed by atoms with van der Waals surface area (Å²) in [5, 5.41) is 24.0. The van der Waals surface area contributed by atoms with Gasteiger partial charge in [-0.3, -0.25) is 4.79 Å². The number of oxime groups is 1. The lowest BCUT2D eigenvalue weighted by Gasteiger charge is -2.50. The van der Waals surface area contributed by atoms with Gasteiger partial charge in [0.1, 0.15) is 5.82 Å². The number of hydrogen-bond donors (Lipinski definition) is 2. The Bertz CT molecular complexity index is 1040. The number of benzene rings is 1. The number of fused-ring (bicyclic) bond motifs is 5. The lowest BCUT2D eigenvalue weighted by atomic mass is 9.54. The lowest BCUT2D eigenvalue weighted by Crippen LogP contribution is -2.44. The Morgan fingerprint density at radius 3 is 2.97 bits per heavy atom. The fraction of sp³-hybridized carbons (Fsp3) is 0.520. The first-order valence-corrected chi connectivity index (χ1v) is 11.6. The summed E-state index contributed by atoms with van der Waals surface area (Å²) in [6.07, 6.45) is 7.00. The molecular formula is C25H29FN4O2. The molecule has 0 radical (unpaired) electrons. The van der Waals surface area contributed by atoms with Crippen LogP contribution in [0.3, 0.4) is 0 Å². The van der Waals surface area contributed by atoms with E-state index in [-0.39, 0.29) is 23.1 Å². The second-order valence-corrected chi connectivity index (χ2v) is 9.81. The SMILES string of the molecule is C[C@]12CCC3c4cccc(F)c4CCC3C1[C@H](CCC(=O)Nc1cccnn1)C/C2=N\O. The van der Waals surface area contributed by atoms with Crippen molar-refractivity contribution in [1.82, 2.24) is 10.2 Å². The molecule has 3 unspecified atom stereocenters. The van der Waals surface area contributed by atoms with Crippen molar-refractivity contribution >= 4 is 17.4 Å². The van der Waals surface area contributed by atoms with Crippen molar-refractivity contribution in [2.75, 3.05) is 5.32 Å². The molecular weight excluding hydrogens is 407 g/mol. The van der Waals surface area contributed by atoms with Gasteiger partial charge >= 0.3 is 0 Å². The molecule has 7 heteroatoms. The number of nitrogens with zero attached hydrogens (tertiary/aromatic N) is 3. The molecule has 1 aromatic carbocycles. The Morgan fingerprint density at radius 2 is 2.19 bits per heavy atom. The highest BCUT2D eigenvalue weighted by Gasteiger charge is 2.57. The van der Waals surface area contributed by atoms with Crippen LogP contribution in [0.15, 0.2) is 41.7 Å². The molecule has 0 bridgehead atoms. The highest BCUT2D eigenvalue weighted by molar-refractivity contribution is 5.93. The number of nitrogens with one attached hydrogen (secondary N) is 1. The molecule has 2 N–H and O–H groups in total. The Labute approximate surface area is 187 Å². The second-order valence-electron chi connectivity index (χ2n) is 9.81. The molecule has 5 atom stereocenters. The predicted molar refractivity (Wildman–Crippen MR) is 119 cm³/mol. The zero-order valence-corrected chi connectivity index (χ0v) is 18.3. The van der Waals surface area contributed by atoms with E-state index in [1.165, 1.54) is 0 Å². The molecule has 5 rings (SSSR count). The third kappa shape index (κ3) is 3.48. The monoisotopic (exact) mass is 436 g/mol. The van der Waals surface area contributed by atoms with E-state index < -0.39 is 0 Å². The molecule has 168 valence electrons. The summed E-state index contributed by atoms with van der Waals surface area (Å²) in [7, 11) is 0. The van der Waals surface area contributed by atoms with Crippen LogP contribution < -0.4 is 5.32 Å². The van der Waals surface area contributed by atoms with Crippen molar-refractivity contribution < 1.29 is 14.4 Å². The largest absolute Gasteiger partial charge is 0.411 e. The van der Waals surface area contributed by atoms with Gasteiger partial charge < -0.3 is 10.5 Å². The summed E-state index contributed by atoms with van der Waals surface area (Å²) >= 11 is 0. The van der Waals surface area contributed by atoms with E-state index in [0.29, 0.717) is 30.0 Å². The summed E-state index contributed by atoms with van der Waals surface area (Å²) in [6, 6.07) is 8.95. The van der Waals surface area contributed by atoms with Crippen molar-refractivity contribution in [3.8, 4) is 0 Å². The number of carbonyl (C=O) groups is 1. The van der Waals surface area contributed by atoms with Crippen LogP contribution in [0.25, 0.3) is 0 Å². The second kappa shape index (κ2) is 8.26. The molecule has 2 aromatic rings. The maximum absolute atomic E-state index is 14.4. The van der Waals surface area contributed by atoms with Crippen LogP contribution in [-0.2, 0) is 11.2 Å². The summed E-state index contributed by atoms with van der Waals surface area (Å²) in [6.45, 7) is 2.23. The molecule has 1 amide bonds. The van der Waals surface area contributed by atoms with Crippen LogP contribution >= 0.6 is 0 Å². The van der Waals surface area contributed by atoms with Crippen LogP contribution in [-0.4, -0.2) is 27.0 Å². The third-order valence-corrected chi connectivity index (χ3v) is 8.30. The lowest BCUT2D eigenvalue weighted by molar-refractivity contribution is -0.116. The normalized spacial score (nSPS) is 32.1. The van der Waals surface area contributed by atoms with Crippen molar-refractivity contribution in [2.24, 2.45) is 28.3 Å². The van der Waals surface area contributed by atoms with Gasteiger partial charge in [-0.05, 0) is 91.5 Å². The van der Waals surface area contributed by atoms with E-state index in [1.54, 1.807) is 24.4 Å². The topological polar surface area (TPSA) is 87.5 Å². The predicted octanol–water partition coefficient (Wildman–Crippen LogP) is 4.95. The maximum atomic E-state index is 14.4. The van der Waals surface area contributed by atoms with E-state index in [2.05, 4.69) is 33.7 Å². The summed E-state index contributed by atoms with van der Waals surface area (Å²) in [5.74, 6) is 1.63. The van der Waals surface area contributed by atoms with Gasteiger partial charge in [0.25, 0.3) is 0 Å². The molecule has 6 nitrogen and oxygen atoms in total. The number of halogens is 1. The Hall–Kier alpha value is -2.83. The number of hydrogen-bond acceptors (Lipinski definition) is 5.